The van der Waals surface area contributed by atoms with Crippen LogP contribution in [-0.2, 0) is 15.1 Å². The highest BCUT2D eigenvalue weighted by atomic mass is 19.1. The van der Waals surface area contributed by atoms with Gasteiger partial charge in [-0.3, -0.25) is 4.79 Å². The van der Waals surface area contributed by atoms with Gasteiger partial charge >= 0.3 is 0 Å². The lowest BCUT2D eigenvalue weighted by molar-refractivity contribution is -0.126. The van der Waals surface area contributed by atoms with Crippen LogP contribution in [0.5, 0.6) is 0 Å². The Kier molecular flexibility index (Phi) is 4.17. The molecular weight excluding hydrogens is 249 g/mol. The fraction of sp³-hybridized carbons (Fsp3) is 0.500. The van der Waals surface area contributed by atoms with E-state index >= 15 is 0 Å². The second kappa shape index (κ2) is 5.67. The molecule has 1 amide bonds. The zero-order valence-electron chi connectivity index (χ0n) is 10.9. The van der Waals surface area contributed by atoms with Crippen molar-refractivity contribution in [3.8, 4) is 0 Å². The fourth-order valence-electron chi connectivity index (χ4n) is 2.06. The Labute approximate surface area is 111 Å². The monoisotopic (exact) mass is 267 g/mol. The summed E-state index contributed by atoms with van der Waals surface area (Å²) in [4.78, 5) is 11.8. The van der Waals surface area contributed by atoms with Crippen LogP contribution in [0, 0.1) is 11.7 Å². The van der Waals surface area contributed by atoms with Gasteiger partial charge in [0.15, 0.2) is 0 Å². The lowest BCUT2D eigenvalue weighted by Crippen LogP contribution is -2.41. The Balaban J connectivity index is 1.93. The van der Waals surface area contributed by atoms with Gasteiger partial charge in [0, 0.05) is 6.61 Å². The molecule has 0 bridgehead atoms. The molecule has 4 nitrogen and oxygen atoms in total. The molecule has 5 heteroatoms. The van der Waals surface area contributed by atoms with Crippen LogP contribution in [0.25, 0.3) is 0 Å². The largest absolute Gasteiger partial charge is 0.384 e. The van der Waals surface area contributed by atoms with Crippen LogP contribution >= 0.6 is 0 Å². The first-order valence-corrected chi connectivity index (χ1v) is 6.33. The maximum atomic E-state index is 12.8. The molecule has 1 fully saturated rings. The summed E-state index contributed by atoms with van der Waals surface area (Å²) in [7, 11) is 0. The van der Waals surface area contributed by atoms with Gasteiger partial charge in [0.25, 0.3) is 0 Å². The molecule has 0 spiro atoms. The maximum Gasteiger partial charge on any atom is 0.225 e. The molecule has 2 N–H and O–H groups in total. The van der Waals surface area contributed by atoms with E-state index in [9.17, 15) is 14.3 Å². The second-order valence-electron chi connectivity index (χ2n) is 5.06. The van der Waals surface area contributed by atoms with Crippen molar-refractivity contribution >= 4 is 5.91 Å². The predicted molar refractivity (Wildman–Crippen MR) is 67.9 cm³/mol. The topological polar surface area (TPSA) is 58.6 Å². The van der Waals surface area contributed by atoms with Crippen molar-refractivity contribution in [2.75, 3.05) is 19.8 Å². The van der Waals surface area contributed by atoms with Gasteiger partial charge in [-0.05, 0) is 31.0 Å². The zero-order valence-corrected chi connectivity index (χ0v) is 10.9. The Morgan fingerprint density at radius 2 is 2.21 bits per heavy atom. The van der Waals surface area contributed by atoms with E-state index in [2.05, 4.69) is 5.32 Å². The molecule has 2 unspecified atom stereocenters. The molecule has 2 rings (SSSR count). The summed E-state index contributed by atoms with van der Waals surface area (Å²) in [6, 6.07) is 5.60. The van der Waals surface area contributed by atoms with Crippen LogP contribution in [0.3, 0.4) is 0 Å². The summed E-state index contributed by atoms with van der Waals surface area (Å²) < 4.78 is 18.0. The van der Waals surface area contributed by atoms with Gasteiger partial charge in [-0.1, -0.05) is 12.1 Å². The molecule has 1 aromatic carbocycles. The first-order chi connectivity index (χ1) is 8.99. The Hall–Kier alpha value is -1.46. The summed E-state index contributed by atoms with van der Waals surface area (Å²) in [6.45, 7) is 2.72. The smallest absolute Gasteiger partial charge is 0.225 e. The third kappa shape index (κ3) is 3.52. The number of benzene rings is 1. The standard InChI is InChI=1S/C14H18FNO3/c1-14(18,11-2-4-12(15)5-3-11)9-16-13(17)10-6-7-19-8-10/h2-5,10,18H,6-9H2,1H3,(H,16,17). The molecular formula is C14H18FNO3. The van der Waals surface area contributed by atoms with E-state index in [1.807, 2.05) is 0 Å². The van der Waals surface area contributed by atoms with Crippen molar-refractivity contribution in [1.82, 2.24) is 5.32 Å². The molecule has 1 saturated heterocycles. The number of halogens is 1. The quantitative estimate of drug-likeness (QED) is 0.861. The van der Waals surface area contributed by atoms with Crippen LogP contribution in [-0.4, -0.2) is 30.8 Å². The molecule has 0 aliphatic carbocycles. The van der Waals surface area contributed by atoms with Crippen molar-refractivity contribution in [3.63, 3.8) is 0 Å². The molecule has 19 heavy (non-hydrogen) atoms. The molecule has 2 atom stereocenters. The van der Waals surface area contributed by atoms with Crippen LogP contribution in [0.15, 0.2) is 24.3 Å². The summed E-state index contributed by atoms with van der Waals surface area (Å²) in [5.74, 6) is -0.601. The first-order valence-electron chi connectivity index (χ1n) is 6.33. The van der Waals surface area contributed by atoms with E-state index in [0.717, 1.165) is 0 Å². The maximum absolute atomic E-state index is 12.8. The molecule has 1 aliphatic heterocycles. The summed E-state index contributed by atoms with van der Waals surface area (Å²) in [5, 5.41) is 13.0. The van der Waals surface area contributed by atoms with E-state index in [1.165, 1.54) is 24.3 Å². The lowest BCUT2D eigenvalue weighted by Gasteiger charge is -2.25. The number of rotatable bonds is 4. The number of nitrogens with one attached hydrogen (secondary N) is 1. The molecule has 0 aromatic heterocycles. The number of ether oxygens (including phenoxy) is 1. The van der Waals surface area contributed by atoms with Gasteiger partial charge in [0.05, 0.1) is 19.1 Å². The highest BCUT2D eigenvalue weighted by Crippen LogP contribution is 2.20. The highest BCUT2D eigenvalue weighted by Gasteiger charge is 2.27. The molecule has 104 valence electrons. The van der Waals surface area contributed by atoms with E-state index in [0.29, 0.717) is 25.2 Å². The molecule has 0 saturated carbocycles. The lowest BCUT2D eigenvalue weighted by atomic mass is 9.95. The van der Waals surface area contributed by atoms with Gasteiger partial charge < -0.3 is 15.2 Å². The van der Waals surface area contributed by atoms with Crippen LogP contribution < -0.4 is 5.32 Å². The zero-order chi connectivity index (χ0) is 13.9. The van der Waals surface area contributed by atoms with E-state index in [-0.39, 0.29) is 24.2 Å². The minimum absolute atomic E-state index is 0.0912. The number of hydrogen-bond donors (Lipinski definition) is 2. The normalized spacial score (nSPS) is 21.9. The number of amides is 1. The van der Waals surface area contributed by atoms with Crippen molar-refractivity contribution < 1.29 is 19.0 Å². The van der Waals surface area contributed by atoms with E-state index in [4.69, 9.17) is 4.74 Å². The van der Waals surface area contributed by atoms with Gasteiger partial charge in [-0.2, -0.15) is 0 Å². The van der Waals surface area contributed by atoms with Crippen molar-refractivity contribution in [3.05, 3.63) is 35.6 Å². The SMILES string of the molecule is CC(O)(CNC(=O)C1CCOC1)c1ccc(F)cc1. The predicted octanol–water partition coefficient (Wildman–Crippen LogP) is 1.19. The summed E-state index contributed by atoms with van der Waals surface area (Å²) in [6.07, 6.45) is 0.713. The van der Waals surface area contributed by atoms with Crippen LogP contribution in [0.4, 0.5) is 4.39 Å². The van der Waals surface area contributed by atoms with Gasteiger partial charge in [0.2, 0.25) is 5.91 Å². The van der Waals surface area contributed by atoms with Gasteiger partial charge in [-0.15, -0.1) is 0 Å². The molecule has 1 aliphatic rings. The van der Waals surface area contributed by atoms with E-state index < -0.39 is 5.60 Å². The number of carbonyl (C=O) groups excluding carboxylic acids is 1. The second-order valence-corrected chi connectivity index (χ2v) is 5.06. The van der Waals surface area contributed by atoms with Crippen molar-refractivity contribution in [1.29, 1.82) is 0 Å². The summed E-state index contributed by atoms with van der Waals surface area (Å²) in [5.41, 5.74) is -0.653. The van der Waals surface area contributed by atoms with E-state index in [1.54, 1.807) is 6.92 Å². The molecule has 1 aromatic rings. The van der Waals surface area contributed by atoms with Crippen molar-refractivity contribution in [2.24, 2.45) is 5.92 Å². The number of aliphatic hydroxyl groups is 1. The van der Waals surface area contributed by atoms with Crippen molar-refractivity contribution in [2.45, 2.75) is 18.9 Å². The van der Waals surface area contributed by atoms with Gasteiger partial charge in [-0.25, -0.2) is 4.39 Å². The third-order valence-electron chi connectivity index (χ3n) is 3.37. The average Bonchev–Trinajstić information content (AvgIpc) is 2.90. The summed E-state index contributed by atoms with van der Waals surface area (Å²) >= 11 is 0. The minimum Gasteiger partial charge on any atom is -0.384 e. The van der Waals surface area contributed by atoms with Crippen LogP contribution in [0.2, 0.25) is 0 Å². The highest BCUT2D eigenvalue weighted by molar-refractivity contribution is 5.79. The van der Waals surface area contributed by atoms with Crippen LogP contribution in [0.1, 0.15) is 18.9 Å². The Morgan fingerprint density at radius 3 is 2.79 bits per heavy atom. The minimum atomic E-state index is -1.22. The Bertz CT molecular complexity index is 439. The number of hydrogen-bond acceptors (Lipinski definition) is 3. The number of carbonyl (C=O) groups is 1. The molecule has 0 radical (unpaired) electrons. The fourth-order valence-corrected chi connectivity index (χ4v) is 2.06. The Morgan fingerprint density at radius 1 is 1.53 bits per heavy atom. The average molecular weight is 267 g/mol. The third-order valence-corrected chi connectivity index (χ3v) is 3.37. The molecule has 1 heterocycles. The first kappa shape index (κ1) is 14.0. The van der Waals surface area contributed by atoms with Gasteiger partial charge in [0.1, 0.15) is 11.4 Å².